The smallest absolute Gasteiger partial charge is 0.331 e. The molecular weight excluding hydrogens is 210 g/mol. The summed E-state index contributed by atoms with van der Waals surface area (Å²) < 4.78 is 10.1. The van der Waals surface area contributed by atoms with Gasteiger partial charge < -0.3 is 9.15 Å². The molecule has 2 rings (SSSR count). The molecule has 1 aromatic heterocycles. The second kappa shape index (κ2) is 4.09. The maximum absolute atomic E-state index is 12.0. The Hall–Kier alpha value is -1.62. The largest absolute Gasteiger partial charge is 0.467 e. The topological polar surface area (TPSA) is 59.8 Å². The Bertz CT molecular complexity index is 423. The van der Waals surface area contributed by atoms with E-state index in [4.69, 9.17) is 9.15 Å². The highest BCUT2D eigenvalue weighted by Gasteiger charge is 2.39. The molecule has 2 heterocycles. The molecule has 1 aliphatic heterocycles. The Balaban J connectivity index is 2.29. The zero-order valence-corrected chi connectivity index (χ0v) is 9.23. The van der Waals surface area contributed by atoms with Crippen LogP contribution < -0.4 is 0 Å². The number of carbonyl (C=O) groups is 2. The van der Waals surface area contributed by atoms with E-state index in [-0.39, 0.29) is 12.4 Å². The third kappa shape index (κ3) is 1.63. The molecule has 0 fully saturated rings. The van der Waals surface area contributed by atoms with Gasteiger partial charge in [0, 0.05) is 0 Å². The summed E-state index contributed by atoms with van der Waals surface area (Å²) in [5.74, 6) is -0.147. The molecule has 0 saturated heterocycles. The van der Waals surface area contributed by atoms with Crippen molar-refractivity contribution < 1.29 is 18.7 Å². The minimum absolute atomic E-state index is 0.254. The minimum atomic E-state index is -0.843. The molecular formula is C11H13NO4. The van der Waals surface area contributed by atoms with Gasteiger partial charge in [-0.25, -0.2) is 4.79 Å². The van der Waals surface area contributed by atoms with E-state index in [1.165, 1.54) is 6.26 Å². The molecule has 5 heteroatoms. The summed E-state index contributed by atoms with van der Waals surface area (Å²) in [6.45, 7) is 2.43. The van der Waals surface area contributed by atoms with E-state index in [1.54, 1.807) is 24.9 Å². The highest BCUT2D eigenvalue weighted by Crippen LogP contribution is 2.23. The molecule has 0 aliphatic carbocycles. The summed E-state index contributed by atoms with van der Waals surface area (Å²) >= 11 is 0. The van der Waals surface area contributed by atoms with Gasteiger partial charge in [0.25, 0.3) is 0 Å². The number of ketones is 1. The predicted octanol–water partition coefficient (Wildman–Crippen LogP) is 0.839. The number of Topliss-reactive ketones (excluding diaryl/α,β-unsaturated/α-hetero) is 1. The second-order valence-corrected chi connectivity index (χ2v) is 3.69. The molecule has 5 nitrogen and oxygen atoms in total. The molecule has 0 bridgehead atoms. The van der Waals surface area contributed by atoms with Crippen LogP contribution in [0.3, 0.4) is 0 Å². The van der Waals surface area contributed by atoms with Crippen molar-refractivity contribution in [3.05, 3.63) is 23.7 Å². The van der Waals surface area contributed by atoms with Crippen LogP contribution in [0.4, 0.5) is 0 Å². The summed E-state index contributed by atoms with van der Waals surface area (Å²) in [6.07, 6.45) is 1.46. The van der Waals surface area contributed by atoms with Crippen LogP contribution in [-0.4, -0.2) is 36.3 Å². The number of nitrogens with zero attached hydrogens (tertiary/aromatic N) is 1. The zero-order valence-electron chi connectivity index (χ0n) is 9.23. The van der Waals surface area contributed by atoms with Gasteiger partial charge in [-0.2, -0.15) is 0 Å². The van der Waals surface area contributed by atoms with Crippen molar-refractivity contribution in [3.8, 4) is 0 Å². The molecule has 86 valence electrons. The van der Waals surface area contributed by atoms with Gasteiger partial charge in [0.05, 0.1) is 25.0 Å². The number of fused-ring (bicyclic) bond motifs is 1. The highest BCUT2D eigenvalue weighted by molar-refractivity contribution is 6.13. The van der Waals surface area contributed by atoms with E-state index >= 15 is 0 Å². The van der Waals surface area contributed by atoms with Crippen LogP contribution in [0, 0.1) is 0 Å². The average Bonchev–Trinajstić information content (AvgIpc) is 2.66. The summed E-state index contributed by atoms with van der Waals surface area (Å²) in [6, 6.07) is 0.752. The number of esters is 1. The maximum atomic E-state index is 12.0. The van der Waals surface area contributed by atoms with Gasteiger partial charge in [-0.3, -0.25) is 9.69 Å². The molecule has 0 saturated carbocycles. The molecule has 16 heavy (non-hydrogen) atoms. The number of likely N-dealkylation sites (N-methyl/N-ethyl adjacent to an activating group) is 1. The first-order valence-electron chi connectivity index (χ1n) is 5.12. The second-order valence-electron chi connectivity index (χ2n) is 3.69. The van der Waals surface area contributed by atoms with E-state index in [0.29, 0.717) is 17.9 Å². The van der Waals surface area contributed by atoms with Gasteiger partial charge >= 0.3 is 5.97 Å². The van der Waals surface area contributed by atoms with Crippen molar-refractivity contribution in [1.82, 2.24) is 4.90 Å². The van der Waals surface area contributed by atoms with E-state index in [9.17, 15) is 9.59 Å². The van der Waals surface area contributed by atoms with E-state index in [1.807, 2.05) is 0 Å². The number of hydrogen-bond donors (Lipinski definition) is 0. The lowest BCUT2D eigenvalue weighted by Gasteiger charge is -2.28. The van der Waals surface area contributed by atoms with Crippen LogP contribution >= 0.6 is 0 Å². The fourth-order valence-electron chi connectivity index (χ4n) is 1.86. The van der Waals surface area contributed by atoms with Crippen molar-refractivity contribution in [2.24, 2.45) is 0 Å². The summed E-state index contributed by atoms with van der Waals surface area (Å²) in [4.78, 5) is 25.3. The number of carbonyl (C=O) groups excluding carboxylic acids is 2. The third-order valence-corrected chi connectivity index (χ3v) is 2.60. The van der Waals surface area contributed by atoms with Gasteiger partial charge in [0.2, 0.25) is 0 Å². The maximum Gasteiger partial charge on any atom is 0.331 e. The molecule has 1 atom stereocenters. The van der Waals surface area contributed by atoms with Crippen molar-refractivity contribution in [2.75, 3.05) is 13.7 Å². The van der Waals surface area contributed by atoms with Crippen LogP contribution in [0.25, 0.3) is 0 Å². The Labute approximate surface area is 93.0 Å². The Morgan fingerprint density at radius 1 is 1.69 bits per heavy atom. The SMILES string of the molecule is CCOC(=O)C1C(=O)c2ccoc2CN1C. The highest BCUT2D eigenvalue weighted by atomic mass is 16.5. The van der Waals surface area contributed by atoms with Gasteiger partial charge in [-0.15, -0.1) is 0 Å². The van der Waals surface area contributed by atoms with E-state index < -0.39 is 12.0 Å². The number of hydrogen-bond acceptors (Lipinski definition) is 5. The third-order valence-electron chi connectivity index (χ3n) is 2.60. The zero-order chi connectivity index (χ0) is 11.7. The first-order valence-corrected chi connectivity index (χ1v) is 5.12. The predicted molar refractivity (Wildman–Crippen MR) is 54.9 cm³/mol. The van der Waals surface area contributed by atoms with Crippen LogP contribution in [-0.2, 0) is 16.1 Å². The summed E-state index contributed by atoms with van der Waals surface area (Å²) in [5.41, 5.74) is 0.483. The number of rotatable bonds is 2. The van der Waals surface area contributed by atoms with Crippen molar-refractivity contribution in [1.29, 1.82) is 0 Å². The van der Waals surface area contributed by atoms with Crippen LogP contribution in [0.5, 0.6) is 0 Å². The molecule has 0 spiro atoms. The Kier molecular flexibility index (Phi) is 2.78. The lowest BCUT2D eigenvalue weighted by molar-refractivity contribution is -0.147. The first kappa shape index (κ1) is 10.9. The molecule has 1 unspecified atom stereocenters. The number of furan rings is 1. The lowest BCUT2D eigenvalue weighted by Crippen LogP contribution is -2.48. The van der Waals surface area contributed by atoms with Gasteiger partial charge in [-0.1, -0.05) is 0 Å². The van der Waals surface area contributed by atoms with E-state index in [0.717, 1.165) is 0 Å². The van der Waals surface area contributed by atoms with Crippen molar-refractivity contribution in [2.45, 2.75) is 19.5 Å². The quantitative estimate of drug-likeness (QED) is 0.549. The normalized spacial score (nSPS) is 20.6. The molecule has 0 radical (unpaired) electrons. The first-order chi connectivity index (χ1) is 7.65. The van der Waals surface area contributed by atoms with Crippen LogP contribution in [0.15, 0.2) is 16.7 Å². The monoisotopic (exact) mass is 223 g/mol. The van der Waals surface area contributed by atoms with Crippen molar-refractivity contribution in [3.63, 3.8) is 0 Å². The molecule has 1 aromatic rings. The van der Waals surface area contributed by atoms with Gasteiger partial charge in [0.1, 0.15) is 5.76 Å². The molecule has 0 amide bonds. The minimum Gasteiger partial charge on any atom is -0.467 e. The van der Waals surface area contributed by atoms with E-state index in [2.05, 4.69) is 0 Å². The van der Waals surface area contributed by atoms with Crippen molar-refractivity contribution >= 4 is 11.8 Å². The lowest BCUT2D eigenvalue weighted by atomic mass is 9.99. The fraction of sp³-hybridized carbons (Fsp3) is 0.455. The standard InChI is InChI=1S/C11H13NO4/c1-3-15-11(14)9-10(13)7-4-5-16-8(7)6-12(9)2/h4-5,9H,3,6H2,1-2H3. The molecule has 0 aromatic carbocycles. The summed E-state index contributed by atoms with van der Waals surface area (Å²) in [5, 5.41) is 0. The fourth-order valence-corrected chi connectivity index (χ4v) is 1.86. The van der Waals surface area contributed by atoms with Crippen LogP contribution in [0.2, 0.25) is 0 Å². The van der Waals surface area contributed by atoms with Gasteiger partial charge in [0.15, 0.2) is 11.8 Å². The Morgan fingerprint density at radius 2 is 2.44 bits per heavy atom. The number of ether oxygens (including phenoxy) is 1. The molecule has 1 aliphatic rings. The van der Waals surface area contributed by atoms with Gasteiger partial charge in [-0.05, 0) is 20.0 Å². The summed E-state index contributed by atoms with van der Waals surface area (Å²) in [7, 11) is 1.70. The van der Waals surface area contributed by atoms with Crippen LogP contribution in [0.1, 0.15) is 23.0 Å². The Morgan fingerprint density at radius 3 is 3.12 bits per heavy atom. The average molecular weight is 223 g/mol. The molecule has 0 N–H and O–H groups in total.